The van der Waals surface area contributed by atoms with E-state index in [-0.39, 0.29) is 5.56 Å². The molecule has 0 saturated heterocycles. The van der Waals surface area contributed by atoms with Crippen LogP contribution in [0.2, 0.25) is 0 Å². The minimum absolute atomic E-state index is 0.0323. The van der Waals surface area contributed by atoms with Gasteiger partial charge in [0.1, 0.15) is 17.2 Å². The van der Waals surface area contributed by atoms with Crippen LogP contribution in [0.3, 0.4) is 0 Å². The van der Waals surface area contributed by atoms with Crippen LogP contribution in [-0.4, -0.2) is 9.38 Å². The number of imidazole rings is 1. The first-order chi connectivity index (χ1) is 9.56. The molecule has 0 aliphatic carbocycles. The van der Waals surface area contributed by atoms with Crippen LogP contribution < -0.4 is 5.73 Å². The van der Waals surface area contributed by atoms with Crippen molar-refractivity contribution < 1.29 is 8.78 Å². The van der Waals surface area contributed by atoms with Crippen molar-refractivity contribution in [1.82, 2.24) is 9.38 Å². The highest BCUT2D eigenvalue weighted by Gasteiger charge is 2.14. The lowest BCUT2D eigenvalue weighted by Gasteiger charge is -2.03. The van der Waals surface area contributed by atoms with Crippen molar-refractivity contribution in [2.75, 3.05) is 5.73 Å². The van der Waals surface area contributed by atoms with Crippen molar-refractivity contribution in [3.8, 4) is 11.3 Å². The van der Waals surface area contributed by atoms with E-state index in [4.69, 9.17) is 5.73 Å². The maximum Gasteiger partial charge on any atom is 0.263 e. The van der Waals surface area contributed by atoms with Gasteiger partial charge in [-0.3, -0.25) is 4.40 Å². The molecule has 2 heterocycles. The summed E-state index contributed by atoms with van der Waals surface area (Å²) in [6.45, 7) is 1.96. The zero-order valence-electron chi connectivity index (χ0n) is 10.8. The van der Waals surface area contributed by atoms with Gasteiger partial charge in [0.2, 0.25) is 0 Å². The molecule has 0 saturated carbocycles. The number of aromatic nitrogens is 2. The van der Waals surface area contributed by atoms with Gasteiger partial charge in [0.25, 0.3) is 6.43 Å². The lowest BCUT2D eigenvalue weighted by atomic mass is 10.1. The van der Waals surface area contributed by atoms with E-state index in [0.717, 1.165) is 5.56 Å². The monoisotopic (exact) mass is 273 g/mol. The van der Waals surface area contributed by atoms with Crippen molar-refractivity contribution in [3.05, 3.63) is 53.7 Å². The predicted molar refractivity (Wildman–Crippen MR) is 74.7 cm³/mol. The second-order valence-electron chi connectivity index (χ2n) is 4.70. The highest BCUT2D eigenvalue weighted by atomic mass is 19.3. The fourth-order valence-corrected chi connectivity index (χ4v) is 2.20. The summed E-state index contributed by atoms with van der Waals surface area (Å²) in [5.74, 6) is 0.450. The van der Waals surface area contributed by atoms with Gasteiger partial charge < -0.3 is 5.73 Å². The fourth-order valence-electron chi connectivity index (χ4n) is 2.20. The van der Waals surface area contributed by atoms with E-state index in [0.29, 0.717) is 22.7 Å². The van der Waals surface area contributed by atoms with Gasteiger partial charge >= 0.3 is 0 Å². The lowest BCUT2D eigenvalue weighted by molar-refractivity contribution is 0.151. The lowest BCUT2D eigenvalue weighted by Crippen LogP contribution is -1.94. The molecule has 0 amide bonds. The molecule has 0 bridgehead atoms. The van der Waals surface area contributed by atoms with Gasteiger partial charge in [0.05, 0.1) is 0 Å². The van der Waals surface area contributed by atoms with Crippen LogP contribution in [0.25, 0.3) is 16.9 Å². The molecule has 0 unspecified atom stereocenters. The van der Waals surface area contributed by atoms with Crippen molar-refractivity contribution in [2.24, 2.45) is 0 Å². The minimum atomic E-state index is -2.50. The highest BCUT2D eigenvalue weighted by Crippen LogP contribution is 2.29. The Morgan fingerprint density at radius 2 is 2.00 bits per heavy atom. The summed E-state index contributed by atoms with van der Waals surface area (Å²) < 4.78 is 27.3. The van der Waals surface area contributed by atoms with Gasteiger partial charge in [-0.05, 0) is 30.7 Å². The number of nitrogens with zero attached hydrogens (tertiary/aromatic N) is 2. The first-order valence-electron chi connectivity index (χ1n) is 6.19. The van der Waals surface area contributed by atoms with E-state index in [9.17, 15) is 8.78 Å². The van der Waals surface area contributed by atoms with Crippen LogP contribution >= 0.6 is 0 Å². The second-order valence-corrected chi connectivity index (χ2v) is 4.70. The molecular formula is C15H13F2N3. The number of alkyl halides is 2. The summed E-state index contributed by atoms with van der Waals surface area (Å²) in [5, 5.41) is 0. The third-order valence-electron chi connectivity index (χ3n) is 3.23. The number of rotatable bonds is 2. The highest BCUT2D eigenvalue weighted by molar-refractivity contribution is 5.75. The number of hydrogen-bond donors (Lipinski definition) is 1. The molecule has 3 aromatic rings. The van der Waals surface area contributed by atoms with Crippen molar-refractivity contribution in [3.63, 3.8) is 0 Å². The fraction of sp³-hybridized carbons (Fsp3) is 0.133. The zero-order valence-corrected chi connectivity index (χ0v) is 10.8. The van der Waals surface area contributed by atoms with E-state index in [2.05, 4.69) is 4.98 Å². The molecule has 0 aliphatic heterocycles. The molecule has 20 heavy (non-hydrogen) atoms. The Hall–Kier alpha value is -2.43. The average Bonchev–Trinajstić information content (AvgIpc) is 2.75. The van der Waals surface area contributed by atoms with E-state index >= 15 is 0 Å². The van der Waals surface area contributed by atoms with Crippen LogP contribution in [0.1, 0.15) is 17.6 Å². The molecule has 0 fully saturated rings. The molecule has 0 spiro atoms. The number of aryl methyl sites for hydroxylation is 1. The summed E-state index contributed by atoms with van der Waals surface area (Å²) in [6, 6.07) is 9.96. The molecule has 3 rings (SSSR count). The quantitative estimate of drug-likeness (QED) is 0.771. The average molecular weight is 273 g/mol. The molecule has 0 radical (unpaired) electrons. The minimum Gasteiger partial charge on any atom is -0.383 e. The molecule has 1 aromatic carbocycles. The third-order valence-corrected chi connectivity index (χ3v) is 3.23. The maximum atomic E-state index is 12.8. The van der Waals surface area contributed by atoms with Crippen molar-refractivity contribution >= 4 is 11.5 Å². The smallest absolute Gasteiger partial charge is 0.263 e. The standard InChI is InChI=1S/C15H13F2N3/c1-9-5-6-20-12(7-9)19-13(15(20)18)10-3-2-4-11(8-10)14(16)17/h2-8,14H,18H2,1H3. The Labute approximate surface area is 114 Å². The zero-order chi connectivity index (χ0) is 14.3. The van der Waals surface area contributed by atoms with Gasteiger partial charge in [-0.15, -0.1) is 0 Å². The first kappa shape index (κ1) is 12.6. The number of benzene rings is 1. The Kier molecular flexibility index (Phi) is 2.89. The number of nitrogen functional groups attached to an aromatic ring is 1. The Bertz CT molecular complexity index is 778. The summed E-state index contributed by atoms with van der Waals surface area (Å²) >= 11 is 0. The number of anilines is 1. The van der Waals surface area contributed by atoms with E-state index in [1.54, 1.807) is 16.5 Å². The van der Waals surface area contributed by atoms with Crippen LogP contribution in [0, 0.1) is 6.92 Å². The number of fused-ring (bicyclic) bond motifs is 1. The van der Waals surface area contributed by atoms with Gasteiger partial charge in [0, 0.05) is 17.3 Å². The van der Waals surface area contributed by atoms with Crippen LogP contribution in [-0.2, 0) is 0 Å². The largest absolute Gasteiger partial charge is 0.383 e. The Morgan fingerprint density at radius 3 is 2.75 bits per heavy atom. The second kappa shape index (κ2) is 4.59. The third kappa shape index (κ3) is 2.01. The Balaban J connectivity index is 2.19. The number of hydrogen-bond acceptors (Lipinski definition) is 2. The summed E-state index contributed by atoms with van der Waals surface area (Å²) in [4.78, 5) is 4.44. The number of pyridine rings is 1. The molecule has 102 valence electrons. The molecule has 3 nitrogen and oxygen atoms in total. The Morgan fingerprint density at radius 1 is 1.20 bits per heavy atom. The van der Waals surface area contributed by atoms with Gasteiger partial charge in [-0.2, -0.15) is 0 Å². The van der Waals surface area contributed by atoms with E-state index < -0.39 is 6.43 Å². The van der Waals surface area contributed by atoms with Crippen molar-refractivity contribution in [1.29, 1.82) is 0 Å². The molecule has 5 heteroatoms. The number of halogens is 2. The van der Waals surface area contributed by atoms with Crippen molar-refractivity contribution in [2.45, 2.75) is 13.3 Å². The van der Waals surface area contributed by atoms with Crippen LogP contribution in [0.15, 0.2) is 42.6 Å². The first-order valence-corrected chi connectivity index (χ1v) is 6.19. The van der Waals surface area contributed by atoms with Gasteiger partial charge in [-0.1, -0.05) is 18.2 Å². The predicted octanol–water partition coefficient (Wildman–Crippen LogP) is 3.83. The summed E-state index contributed by atoms with van der Waals surface area (Å²) in [7, 11) is 0. The molecule has 2 aromatic heterocycles. The van der Waals surface area contributed by atoms with Gasteiger partial charge in [-0.25, -0.2) is 13.8 Å². The summed E-state index contributed by atoms with van der Waals surface area (Å²) in [6.07, 6.45) is -0.677. The topological polar surface area (TPSA) is 43.3 Å². The number of nitrogens with two attached hydrogens (primary N) is 1. The van der Waals surface area contributed by atoms with Crippen LogP contribution in [0.4, 0.5) is 14.6 Å². The molecule has 2 N–H and O–H groups in total. The molecule has 0 aliphatic rings. The maximum absolute atomic E-state index is 12.8. The van der Waals surface area contributed by atoms with E-state index in [1.165, 1.54) is 12.1 Å². The van der Waals surface area contributed by atoms with E-state index in [1.807, 2.05) is 25.3 Å². The summed E-state index contributed by atoms with van der Waals surface area (Å²) in [5.41, 5.74) is 8.93. The molecular weight excluding hydrogens is 260 g/mol. The normalized spacial score (nSPS) is 11.4. The van der Waals surface area contributed by atoms with Crippen LogP contribution in [0.5, 0.6) is 0 Å². The van der Waals surface area contributed by atoms with Gasteiger partial charge in [0.15, 0.2) is 0 Å². The molecule has 0 atom stereocenters. The SMILES string of the molecule is Cc1ccn2c(N)c(-c3cccc(C(F)F)c3)nc2c1.